The van der Waals surface area contributed by atoms with Crippen molar-refractivity contribution in [2.75, 3.05) is 0 Å². The highest BCUT2D eigenvalue weighted by atomic mass is 16.5. The molecule has 6 nitrogen and oxygen atoms in total. The highest BCUT2D eigenvalue weighted by Gasteiger charge is 2.16. The molecule has 0 aliphatic heterocycles. The average molecular weight is 307 g/mol. The number of ether oxygens (including phenoxy) is 1. The van der Waals surface area contributed by atoms with Crippen LogP contribution in [0.2, 0.25) is 0 Å². The molecule has 0 N–H and O–H groups in total. The second-order valence-corrected chi connectivity index (χ2v) is 4.86. The Kier molecular flexibility index (Phi) is 2.94. The fourth-order valence-electron chi connectivity index (χ4n) is 2.27. The number of oxazole rings is 1. The Morgan fingerprint density at radius 1 is 1.04 bits per heavy atom. The molecule has 0 saturated carbocycles. The molecule has 0 amide bonds. The summed E-state index contributed by atoms with van der Waals surface area (Å²) >= 11 is 0. The first kappa shape index (κ1) is 13.3. The summed E-state index contributed by atoms with van der Waals surface area (Å²) in [6, 6.07) is 13.1. The maximum atomic E-state index is 12.2. The Balaban J connectivity index is 1.71. The summed E-state index contributed by atoms with van der Waals surface area (Å²) in [6.45, 7) is 0. The normalized spacial score (nSPS) is 11.0. The van der Waals surface area contributed by atoms with Crippen molar-refractivity contribution in [2.45, 2.75) is 0 Å². The summed E-state index contributed by atoms with van der Waals surface area (Å²) in [5.41, 5.74) is 0.647. The zero-order valence-corrected chi connectivity index (χ0v) is 11.7. The number of carbonyl (C=O) groups is 1. The number of fused-ring (bicyclic) bond motifs is 2. The molecule has 0 bridgehead atoms. The fourth-order valence-corrected chi connectivity index (χ4v) is 2.27. The lowest BCUT2D eigenvalue weighted by atomic mass is 10.2. The van der Waals surface area contributed by atoms with Gasteiger partial charge in [0.15, 0.2) is 12.0 Å². The van der Waals surface area contributed by atoms with E-state index < -0.39 is 11.6 Å². The molecular weight excluding hydrogens is 298 g/mol. The summed E-state index contributed by atoms with van der Waals surface area (Å²) in [5.74, 6) is -0.517. The van der Waals surface area contributed by atoms with Crippen molar-refractivity contribution in [1.82, 2.24) is 4.98 Å². The van der Waals surface area contributed by atoms with Gasteiger partial charge >= 0.3 is 11.6 Å². The quantitative estimate of drug-likeness (QED) is 0.321. The molecule has 0 saturated heterocycles. The predicted octanol–water partition coefficient (Wildman–Crippen LogP) is 3.15. The van der Waals surface area contributed by atoms with E-state index in [0.717, 1.165) is 0 Å². The van der Waals surface area contributed by atoms with E-state index in [1.54, 1.807) is 42.5 Å². The van der Waals surface area contributed by atoms with Crippen LogP contribution in [0.1, 0.15) is 10.4 Å². The molecule has 0 aliphatic rings. The molecule has 112 valence electrons. The molecule has 0 radical (unpaired) electrons. The van der Waals surface area contributed by atoms with E-state index in [1.165, 1.54) is 12.5 Å². The molecule has 2 heterocycles. The van der Waals surface area contributed by atoms with Gasteiger partial charge in [-0.05, 0) is 24.3 Å². The van der Waals surface area contributed by atoms with Crippen LogP contribution >= 0.6 is 0 Å². The summed E-state index contributed by atoms with van der Waals surface area (Å²) in [7, 11) is 0. The Morgan fingerprint density at radius 2 is 1.91 bits per heavy atom. The Labute approximate surface area is 128 Å². The SMILES string of the molecule is O=C(Oc1ccc2ocnc2c1)c1cc2ccccc2oc1=O. The van der Waals surface area contributed by atoms with Crippen molar-refractivity contribution in [3.8, 4) is 5.75 Å². The van der Waals surface area contributed by atoms with Crippen molar-refractivity contribution < 1.29 is 18.4 Å². The van der Waals surface area contributed by atoms with Crippen LogP contribution in [-0.4, -0.2) is 11.0 Å². The number of hydrogen-bond acceptors (Lipinski definition) is 6. The number of carbonyl (C=O) groups excluding carboxylic acids is 1. The first-order chi connectivity index (χ1) is 11.2. The second kappa shape index (κ2) is 5.10. The van der Waals surface area contributed by atoms with Crippen molar-refractivity contribution in [3.63, 3.8) is 0 Å². The fraction of sp³-hybridized carbons (Fsp3) is 0. The largest absolute Gasteiger partial charge is 0.443 e. The summed E-state index contributed by atoms with van der Waals surface area (Å²) < 4.78 is 15.5. The number of hydrogen-bond donors (Lipinski definition) is 0. The van der Waals surface area contributed by atoms with Gasteiger partial charge in [-0.1, -0.05) is 18.2 Å². The topological polar surface area (TPSA) is 82.5 Å². The molecule has 0 atom stereocenters. The van der Waals surface area contributed by atoms with Gasteiger partial charge in [-0.15, -0.1) is 0 Å². The highest BCUT2D eigenvalue weighted by molar-refractivity contribution is 5.94. The van der Waals surface area contributed by atoms with E-state index in [4.69, 9.17) is 13.6 Å². The molecule has 2 aromatic heterocycles. The standard InChI is InChI=1S/C17H9NO5/c19-16(22-11-5-6-15-13(8-11)18-9-21-15)12-7-10-3-1-2-4-14(10)23-17(12)20/h1-9H. The van der Waals surface area contributed by atoms with Gasteiger partial charge in [0.2, 0.25) is 0 Å². The number of esters is 1. The van der Waals surface area contributed by atoms with Crippen LogP contribution in [0.25, 0.3) is 22.1 Å². The van der Waals surface area contributed by atoms with Crippen molar-refractivity contribution in [2.24, 2.45) is 0 Å². The molecule has 0 aliphatic carbocycles. The van der Waals surface area contributed by atoms with Gasteiger partial charge in [-0.25, -0.2) is 14.6 Å². The van der Waals surface area contributed by atoms with Crippen LogP contribution in [-0.2, 0) is 0 Å². The van der Waals surface area contributed by atoms with E-state index in [9.17, 15) is 9.59 Å². The van der Waals surface area contributed by atoms with Gasteiger partial charge in [0.1, 0.15) is 22.4 Å². The van der Waals surface area contributed by atoms with Gasteiger partial charge < -0.3 is 13.6 Å². The van der Waals surface area contributed by atoms with E-state index in [0.29, 0.717) is 22.1 Å². The molecule has 4 rings (SSSR count). The summed E-state index contributed by atoms with van der Waals surface area (Å²) in [4.78, 5) is 28.1. The van der Waals surface area contributed by atoms with Crippen LogP contribution in [0, 0.1) is 0 Å². The zero-order valence-electron chi connectivity index (χ0n) is 11.7. The minimum absolute atomic E-state index is 0.163. The molecule has 0 unspecified atom stereocenters. The molecule has 6 heteroatoms. The first-order valence-electron chi connectivity index (χ1n) is 6.79. The maximum absolute atomic E-state index is 12.2. The average Bonchev–Trinajstić information content (AvgIpc) is 3.01. The van der Waals surface area contributed by atoms with E-state index >= 15 is 0 Å². The van der Waals surface area contributed by atoms with E-state index in [2.05, 4.69) is 4.98 Å². The van der Waals surface area contributed by atoms with Crippen molar-refractivity contribution in [1.29, 1.82) is 0 Å². The van der Waals surface area contributed by atoms with E-state index in [-0.39, 0.29) is 11.3 Å². The Hall–Kier alpha value is -3.41. The lowest BCUT2D eigenvalue weighted by Gasteiger charge is -2.04. The Bertz CT molecular complexity index is 1090. The van der Waals surface area contributed by atoms with Gasteiger partial charge in [0.25, 0.3) is 0 Å². The minimum Gasteiger partial charge on any atom is -0.443 e. The van der Waals surface area contributed by atoms with Gasteiger partial charge in [-0.2, -0.15) is 0 Å². The third kappa shape index (κ3) is 2.36. The number of aromatic nitrogens is 1. The molecule has 23 heavy (non-hydrogen) atoms. The molecule has 2 aromatic carbocycles. The van der Waals surface area contributed by atoms with Crippen LogP contribution < -0.4 is 10.4 Å². The van der Waals surface area contributed by atoms with Crippen LogP contribution in [0.15, 0.2) is 68.6 Å². The molecule has 0 spiro atoms. The maximum Gasteiger partial charge on any atom is 0.351 e. The van der Waals surface area contributed by atoms with Gasteiger partial charge in [0.05, 0.1) is 0 Å². The van der Waals surface area contributed by atoms with Gasteiger partial charge in [-0.3, -0.25) is 0 Å². The smallest absolute Gasteiger partial charge is 0.351 e. The Morgan fingerprint density at radius 3 is 2.83 bits per heavy atom. The highest BCUT2D eigenvalue weighted by Crippen LogP contribution is 2.20. The van der Waals surface area contributed by atoms with Crippen molar-refractivity contribution >= 4 is 28.0 Å². The first-order valence-corrected chi connectivity index (χ1v) is 6.79. The third-order valence-corrected chi connectivity index (χ3v) is 3.37. The minimum atomic E-state index is -0.785. The van der Waals surface area contributed by atoms with Crippen LogP contribution in [0.4, 0.5) is 0 Å². The number of nitrogens with zero attached hydrogens (tertiary/aromatic N) is 1. The second-order valence-electron chi connectivity index (χ2n) is 4.86. The predicted molar refractivity (Wildman–Crippen MR) is 81.5 cm³/mol. The third-order valence-electron chi connectivity index (χ3n) is 3.37. The summed E-state index contributed by atoms with van der Waals surface area (Å²) in [5, 5.41) is 0.644. The van der Waals surface area contributed by atoms with Crippen molar-refractivity contribution in [3.05, 3.63) is 70.9 Å². The lowest BCUT2D eigenvalue weighted by Crippen LogP contribution is -2.18. The van der Waals surface area contributed by atoms with Crippen LogP contribution in [0.5, 0.6) is 5.75 Å². The molecular formula is C17H9NO5. The zero-order chi connectivity index (χ0) is 15.8. The lowest BCUT2D eigenvalue weighted by molar-refractivity contribution is 0.0731. The van der Waals surface area contributed by atoms with Gasteiger partial charge in [0, 0.05) is 11.5 Å². The number of para-hydroxylation sites is 1. The number of rotatable bonds is 2. The molecule has 0 fully saturated rings. The van der Waals surface area contributed by atoms with E-state index in [1.807, 2.05) is 0 Å². The number of benzene rings is 2. The monoisotopic (exact) mass is 307 g/mol. The summed E-state index contributed by atoms with van der Waals surface area (Å²) in [6.07, 6.45) is 1.30. The van der Waals surface area contributed by atoms with Crippen LogP contribution in [0.3, 0.4) is 0 Å². The molecule has 4 aromatic rings.